The molecule has 0 aliphatic carbocycles. The van der Waals surface area contributed by atoms with Gasteiger partial charge in [0.15, 0.2) is 9.84 Å². The number of likely N-dealkylation sites (tertiary alicyclic amines) is 1. The van der Waals surface area contributed by atoms with Crippen molar-refractivity contribution in [2.45, 2.75) is 11.2 Å². The summed E-state index contributed by atoms with van der Waals surface area (Å²) < 4.78 is 28.9. The second-order valence-electron chi connectivity index (χ2n) is 5.36. The van der Waals surface area contributed by atoms with Gasteiger partial charge in [0.1, 0.15) is 10.4 Å². The highest BCUT2D eigenvalue weighted by molar-refractivity contribution is 7.93. The Labute approximate surface area is 121 Å². The molecule has 0 unspecified atom stereocenters. The van der Waals surface area contributed by atoms with Crippen LogP contribution in [-0.2, 0) is 14.6 Å². The fourth-order valence-corrected chi connectivity index (χ4v) is 6.06. The molecule has 20 heavy (non-hydrogen) atoms. The Hall–Kier alpha value is -0.990. The quantitative estimate of drug-likeness (QED) is 0.808. The molecule has 110 valence electrons. The lowest BCUT2D eigenvalue weighted by molar-refractivity contribution is 0.0333. The normalized spacial score (nSPS) is 26.6. The van der Waals surface area contributed by atoms with E-state index in [2.05, 4.69) is 4.98 Å². The lowest BCUT2D eigenvalue weighted by Gasteiger charge is -2.49. The van der Waals surface area contributed by atoms with Crippen LogP contribution in [0.4, 0.5) is 0 Å². The number of ether oxygens (including phenoxy) is 1. The Morgan fingerprint density at radius 3 is 2.95 bits per heavy atom. The van der Waals surface area contributed by atoms with Gasteiger partial charge in [-0.15, -0.1) is 11.3 Å². The second-order valence-corrected chi connectivity index (χ2v) is 8.53. The summed E-state index contributed by atoms with van der Waals surface area (Å²) in [5.41, 5.74) is 1.99. The van der Waals surface area contributed by atoms with Crippen molar-refractivity contribution in [1.29, 1.82) is 0 Å². The molecule has 2 fully saturated rings. The van der Waals surface area contributed by atoms with E-state index in [9.17, 15) is 13.2 Å². The Bertz CT molecular complexity index is 605. The van der Waals surface area contributed by atoms with Crippen LogP contribution in [-0.4, -0.2) is 61.5 Å². The van der Waals surface area contributed by atoms with E-state index in [1.54, 1.807) is 22.9 Å². The van der Waals surface area contributed by atoms with Crippen molar-refractivity contribution in [1.82, 2.24) is 9.88 Å². The minimum absolute atomic E-state index is 0.0167. The maximum atomic E-state index is 12.3. The van der Waals surface area contributed by atoms with Gasteiger partial charge in [-0.05, 0) is 6.42 Å². The molecule has 2 aliphatic heterocycles. The van der Waals surface area contributed by atoms with Gasteiger partial charge in [0, 0.05) is 31.5 Å². The Morgan fingerprint density at radius 2 is 2.35 bits per heavy atom. The largest absolute Gasteiger partial charge is 0.384 e. The van der Waals surface area contributed by atoms with Crippen LogP contribution in [0.2, 0.25) is 0 Å². The molecular weight excluding hydrogens is 300 g/mol. The molecule has 2 saturated heterocycles. The molecule has 1 spiro atoms. The predicted molar refractivity (Wildman–Crippen MR) is 74.5 cm³/mol. The number of hydrogen-bond donors (Lipinski definition) is 0. The molecule has 3 rings (SSSR count). The third kappa shape index (κ3) is 1.89. The zero-order valence-corrected chi connectivity index (χ0v) is 12.7. The van der Waals surface area contributed by atoms with E-state index in [0.29, 0.717) is 18.7 Å². The van der Waals surface area contributed by atoms with E-state index in [-0.39, 0.29) is 30.7 Å². The molecule has 0 bridgehead atoms. The van der Waals surface area contributed by atoms with Crippen LogP contribution in [0.5, 0.6) is 0 Å². The van der Waals surface area contributed by atoms with Gasteiger partial charge in [-0.1, -0.05) is 0 Å². The topological polar surface area (TPSA) is 76.6 Å². The van der Waals surface area contributed by atoms with Crippen LogP contribution in [0.15, 0.2) is 10.9 Å². The summed E-state index contributed by atoms with van der Waals surface area (Å²) in [6.45, 7) is 0.956. The minimum atomic E-state index is -3.15. The summed E-state index contributed by atoms with van der Waals surface area (Å²) in [5, 5.41) is 1.68. The first-order valence-electron chi connectivity index (χ1n) is 6.39. The molecule has 1 aromatic rings. The van der Waals surface area contributed by atoms with Crippen molar-refractivity contribution in [2.75, 3.05) is 32.6 Å². The third-order valence-electron chi connectivity index (χ3n) is 4.32. The van der Waals surface area contributed by atoms with Gasteiger partial charge in [0.25, 0.3) is 5.91 Å². The zero-order chi connectivity index (χ0) is 14.4. The number of sulfone groups is 1. The lowest BCUT2D eigenvalue weighted by Crippen LogP contribution is -2.68. The van der Waals surface area contributed by atoms with Crippen molar-refractivity contribution in [3.05, 3.63) is 16.6 Å². The molecular formula is C12H16N2O4S2. The van der Waals surface area contributed by atoms with E-state index < -0.39 is 14.6 Å². The van der Waals surface area contributed by atoms with Gasteiger partial charge >= 0.3 is 0 Å². The van der Waals surface area contributed by atoms with Crippen molar-refractivity contribution in [2.24, 2.45) is 5.92 Å². The molecule has 8 heteroatoms. The van der Waals surface area contributed by atoms with Crippen molar-refractivity contribution in [3.8, 4) is 0 Å². The van der Waals surface area contributed by atoms with Crippen LogP contribution >= 0.6 is 11.3 Å². The average Bonchev–Trinajstić information content (AvgIpc) is 2.94. The summed E-state index contributed by atoms with van der Waals surface area (Å²) in [6.07, 6.45) is 0.620. The number of carbonyl (C=O) groups is 1. The first-order valence-corrected chi connectivity index (χ1v) is 8.98. The maximum Gasteiger partial charge on any atom is 0.273 e. The number of hydrogen-bond acceptors (Lipinski definition) is 6. The van der Waals surface area contributed by atoms with Crippen molar-refractivity contribution in [3.63, 3.8) is 0 Å². The molecule has 0 N–H and O–H groups in total. The average molecular weight is 316 g/mol. The molecule has 0 radical (unpaired) electrons. The number of nitrogens with zero attached hydrogens (tertiary/aromatic N) is 2. The van der Waals surface area contributed by atoms with Crippen LogP contribution in [0, 0.1) is 5.92 Å². The molecule has 6 nitrogen and oxygen atoms in total. The predicted octanol–water partition coefficient (Wildman–Crippen LogP) is 0.419. The highest BCUT2D eigenvalue weighted by atomic mass is 32.2. The molecule has 2 aliphatic rings. The summed E-state index contributed by atoms with van der Waals surface area (Å²) in [4.78, 5) is 17.7. The minimum Gasteiger partial charge on any atom is -0.384 e. The fourth-order valence-electron chi connectivity index (χ4n) is 3.13. The summed E-state index contributed by atoms with van der Waals surface area (Å²) in [5.74, 6) is -0.00753. The van der Waals surface area contributed by atoms with Gasteiger partial charge in [0.2, 0.25) is 0 Å². The Balaban J connectivity index is 1.78. The van der Waals surface area contributed by atoms with E-state index in [1.165, 1.54) is 11.3 Å². The van der Waals surface area contributed by atoms with Gasteiger partial charge < -0.3 is 9.64 Å². The highest BCUT2D eigenvalue weighted by Gasteiger charge is 2.62. The Kier molecular flexibility index (Phi) is 3.34. The van der Waals surface area contributed by atoms with Gasteiger partial charge in [-0.3, -0.25) is 4.79 Å². The molecule has 0 aromatic carbocycles. The molecule has 1 amide bonds. The van der Waals surface area contributed by atoms with Crippen LogP contribution in [0.3, 0.4) is 0 Å². The third-order valence-corrected chi connectivity index (χ3v) is 7.51. The fraction of sp³-hybridized carbons (Fsp3) is 0.667. The highest BCUT2D eigenvalue weighted by Crippen LogP contribution is 2.45. The van der Waals surface area contributed by atoms with E-state index >= 15 is 0 Å². The van der Waals surface area contributed by atoms with Crippen LogP contribution < -0.4 is 0 Å². The summed E-state index contributed by atoms with van der Waals surface area (Å²) in [7, 11) is -1.57. The van der Waals surface area contributed by atoms with Gasteiger partial charge in [-0.25, -0.2) is 13.4 Å². The first kappa shape index (κ1) is 14.0. The number of rotatable bonds is 3. The van der Waals surface area contributed by atoms with E-state index in [4.69, 9.17) is 4.74 Å². The van der Waals surface area contributed by atoms with E-state index in [0.717, 1.165) is 0 Å². The number of aromatic nitrogens is 1. The molecule has 1 aromatic heterocycles. The SMILES string of the molecule is COC[C@@H]1CCS(=O)(=O)C12CN(C(=O)c1cscn1)C2. The van der Waals surface area contributed by atoms with Crippen molar-refractivity contribution >= 4 is 27.1 Å². The van der Waals surface area contributed by atoms with Crippen molar-refractivity contribution < 1.29 is 17.9 Å². The standard InChI is InChI=1S/C12H16N2O4S2/c1-18-4-9-2-3-20(16,17)12(9)6-14(7-12)11(15)10-5-19-8-13-10/h5,8-9H,2-4,6-7H2,1H3/t9-/m0/s1. The molecule has 1 atom stereocenters. The number of methoxy groups -OCH3 is 1. The Morgan fingerprint density at radius 1 is 1.60 bits per heavy atom. The van der Waals surface area contributed by atoms with Gasteiger partial charge in [0.05, 0.1) is 17.9 Å². The van der Waals surface area contributed by atoms with Crippen LogP contribution in [0.25, 0.3) is 0 Å². The monoisotopic (exact) mass is 316 g/mol. The first-order chi connectivity index (χ1) is 9.50. The summed E-state index contributed by atoms with van der Waals surface area (Å²) >= 11 is 1.36. The lowest BCUT2D eigenvalue weighted by atomic mass is 9.83. The van der Waals surface area contributed by atoms with E-state index in [1.807, 2.05) is 0 Å². The molecule has 0 saturated carbocycles. The number of carbonyl (C=O) groups excluding carboxylic acids is 1. The molecule has 3 heterocycles. The zero-order valence-electron chi connectivity index (χ0n) is 11.1. The van der Waals surface area contributed by atoms with Gasteiger partial charge in [-0.2, -0.15) is 0 Å². The second kappa shape index (κ2) is 4.78. The maximum absolute atomic E-state index is 12.3. The number of amides is 1. The van der Waals surface area contributed by atoms with Crippen LogP contribution in [0.1, 0.15) is 16.9 Å². The smallest absolute Gasteiger partial charge is 0.273 e. The summed E-state index contributed by atoms with van der Waals surface area (Å²) in [6, 6.07) is 0. The number of thiazole rings is 1.